The van der Waals surface area contributed by atoms with Gasteiger partial charge in [0.15, 0.2) is 0 Å². The standard InChI is InChI=1S/C17H28N4O2.C2HF3O2/c1-22-12-16-17-15(21(19-18-17)11-13-2-3-13)4-7-20(16)10-14-5-8-23-9-6-14;3-2(4,5)1(6)7/h13-14,16H,2-12H2,1H3;(H,6,7). The normalized spacial score (nSPS) is 22.9. The summed E-state index contributed by atoms with van der Waals surface area (Å²) in [5, 5.41) is 16.1. The molecule has 30 heavy (non-hydrogen) atoms. The predicted octanol–water partition coefficient (Wildman–Crippen LogP) is 2.29. The van der Waals surface area contributed by atoms with Crippen LogP contribution < -0.4 is 0 Å². The topological polar surface area (TPSA) is 89.7 Å². The van der Waals surface area contributed by atoms with Crippen molar-refractivity contribution in [1.29, 1.82) is 0 Å². The minimum absolute atomic E-state index is 0.263. The number of aromatic nitrogens is 3. The van der Waals surface area contributed by atoms with Gasteiger partial charge in [-0.05, 0) is 37.5 Å². The third-order valence-electron chi connectivity index (χ3n) is 5.79. The lowest BCUT2D eigenvalue weighted by Gasteiger charge is -2.37. The van der Waals surface area contributed by atoms with Crippen LogP contribution in [0.1, 0.15) is 43.1 Å². The summed E-state index contributed by atoms with van der Waals surface area (Å²) < 4.78 is 44.9. The van der Waals surface area contributed by atoms with Crippen molar-refractivity contribution < 1.29 is 32.5 Å². The molecule has 1 aliphatic carbocycles. The van der Waals surface area contributed by atoms with Crippen molar-refractivity contribution in [3.8, 4) is 0 Å². The highest BCUT2D eigenvalue weighted by Gasteiger charge is 2.38. The second-order valence-corrected chi connectivity index (χ2v) is 8.12. The van der Waals surface area contributed by atoms with Crippen LogP contribution in [0, 0.1) is 11.8 Å². The Bertz CT molecular complexity index is 702. The quantitative estimate of drug-likeness (QED) is 0.735. The van der Waals surface area contributed by atoms with Crippen LogP contribution in [0.15, 0.2) is 0 Å². The molecule has 1 N–H and O–H groups in total. The van der Waals surface area contributed by atoms with Gasteiger partial charge in [0.25, 0.3) is 0 Å². The molecule has 2 fully saturated rings. The highest BCUT2D eigenvalue weighted by atomic mass is 19.4. The molecular weight excluding hydrogens is 405 g/mol. The van der Waals surface area contributed by atoms with E-state index < -0.39 is 12.1 Å². The van der Waals surface area contributed by atoms with Crippen molar-refractivity contribution in [2.75, 3.05) is 40.0 Å². The summed E-state index contributed by atoms with van der Waals surface area (Å²) in [5.41, 5.74) is 2.51. The Morgan fingerprint density at radius 2 is 1.83 bits per heavy atom. The molecule has 1 saturated heterocycles. The zero-order valence-corrected chi connectivity index (χ0v) is 17.1. The Labute approximate surface area is 173 Å². The van der Waals surface area contributed by atoms with Crippen LogP contribution in [0.3, 0.4) is 0 Å². The second kappa shape index (κ2) is 10.1. The van der Waals surface area contributed by atoms with Gasteiger partial charge in [0, 0.05) is 46.4 Å². The zero-order chi connectivity index (χ0) is 21.7. The fraction of sp³-hybridized carbons (Fsp3) is 0.842. The number of carboxylic acids is 1. The van der Waals surface area contributed by atoms with Crippen molar-refractivity contribution in [2.24, 2.45) is 11.8 Å². The molecule has 3 heterocycles. The lowest BCUT2D eigenvalue weighted by molar-refractivity contribution is -0.192. The second-order valence-electron chi connectivity index (χ2n) is 8.12. The van der Waals surface area contributed by atoms with Gasteiger partial charge in [0.1, 0.15) is 5.69 Å². The molecule has 1 aromatic rings. The molecule has 2 aliphatic heterocycles. The number of carboxylic acid groups (broad SMARTS) is 1. The van der Waals surface area contributed by atoms with E-state index in [2.05, 4.69) is 19.9 Å². The Hall–Kier alpha value is -1.72. The number of nitrogens with zero attached hydrogens (tertiary/aromatic N) is 4. The van der Waals surface area contributed by atoms with Gasteiger partial charge in [0.05, 0.1) is 18.3 Å². The van der Waals surface area contributed by atoms with Gasteiger partial charge in [-0.15, -0.1) is 5.10 Å². The summed E-state index contributed by atoms with van der Waals surface area (Å²) >= 11 is 0. The van der Waals surface area contributed by atoms with Gasteiger partial charge in [0.2, 0.25) is 0 Å². The highest BCUT2D eigenvalue weighted by molar-refractivity contribution is 5.73. The molecule has 0 aromatic carbocycles. The molecular formula is C19H29F3N4O4. The first kappa shape index (κ1) is 23.0. The van der Waals surface area contributed by atoms with Crippen LogP contribution in [-0.2, 0) is 27.2 Å². The van der Waals surface area contributed by atoms with E-state index in [1.165, 1.54) is 31.4 Å². The number of carbonyl (C=O) groups is 1. The van der Waals surface area contributed by atoms with Crippen molar-refractivity contribution in [2.45, 2.75) is 50.9 Å². The summed E-state index contributed by atoms with van der Waals surface area (Å²) in [4.78, 5) is 11.5. The number of hydrogen-bond donors (Lipinski definition) is 1. The predicted molar refractivity (Wildman–Crippen MR) is 99.9 cm³/mol. The maximum absolute atomic E-state index is 10.6. The Balaban J connectivity index is 0.000000318. The third kappa shape index (κ3) is 6.14. The first-order chi connectivity index (χ1) is 14.3. The zero-order valence-electron chi connectivity index (χ0n) is 17.1. The Kier molecular flexibility index (Phi) is 7.70. The van der Waals surface area contributed by atoms with Crippen LogP contribution in [-0.4, -0.2) is 77.2 Å². The van der Waals surface area contributed by atoms with Crippen molar-refractivity contribution in [3.63, 3.8) is 0 Å². The van der Waals surface area contributed by atoms with Gasteiger partial charge >= 0.3 is 12.1 Å². The van der Waals surface area contributed by atoms with Crippen molar-refractivity contribution >= 4 is 5.97 Å². The van der Waals surface area contributed by atoms with E-state index >= 15 is 0 Å². The minimum atomic E-state index is -5.08. The molecule has 3 aliphatic rings. The first-order valence-corrected chi connectivity index (χ1v) is 10.3. The van der Waals surface area contributed by atoms with Crippen LogP contribution in [0.5, 0.6) is 0 Å². The summed E-state index contributed by atoms with van der Waals surface area (Å²) in [6, 6.07) is 0.263. The van der Waals surface area contributed by atoms with Gasteiger partial charge in [-0.3, -0.25) is 4.90 Å². The number of fused-ring (bicyclic) bond motifs is 1. The van der Waals surface area contributed by atoms with Crippen LogP contribution in [0.25, 0.3) is 0 Å². The van der Waals surface area contributed by atoms with Crippen molar-refractivity contribution in [3.05, 3.63) is 11.4 Å². The minimum Gasteiger partial charge on any atom is -0.475 e. The molecule has 8 nitrogen and oxygen atoms in total. The number of halogens is 3. The van der Waals surface area contributed by atoms with E-state index in [0.717, 1.165) is 56.8 Å². The van der Waals surface area contributed by atoms with Crippen LogP contribution in [0.2, 0.25) is 0 Å². The SMILES string of the molecule is COCC1c2nnn(CC3CC3)c2CCN1CC1CCOCC1.O=C(O)C(F)(F)F. The number of methoxy groups -OCH3 is 1. The molecule has 170 valence electrons. The fourth-order valence-corrected chi connectivity index (χ4v) is 3.95. The average molecular weight is 434 g/mol. The molecule has 1 aromatic heterocycles. The smallest absolute Gasteiger partial charge is 0.475 e. The number of aliphatic carboxylic acids is 1. The molecule has 1 atom stereocenters. The lowest BCUT2D eigenvalue weighted by Crippen LogP contribution is -2.42. The van der Waals surface area contributed by atoms with E-state index in [0.29, 0.717) is 6.61 Å². The maximum atomic E-state index is 10.6. The van der Waals surface area contributed by atoms with Gasteiger partial charge in [-0.2, -0.15) is 13.2 Å². The van der Waals surface area contributed by atoms with E-state index in [9.17, 15) is 13.2 Å². The Morgan fingerprint density at radius 1 is 1.20 bits per heavy atom. The highest BCUT2D eigenvalue weighted by Crippen LogP contribution is 2.34. The van der Waals surface area contributed by atoms with E-state index in [1.807, 2.05) is 0 Å². The van der Waals surface area contributed by atoms with Crippen LogP contribution in [0.4, 0.5) is 13.2 Å². The first-order valence-electron chi connectivity index (χ1n) is 10.3. The summed E-state index contributed by atoms with van der Waals surface area (Å²) in [7, 11) is 1.79. The molecule has 0 radical (unpaired) electrons. The molecule has 0 bridgehead atoms. The number of ether oxygens (including phenoxy) is 2. The molecule has 0 spiro atoms. The van der Waals surface area contributed by atoms with Gasteiger partial charge in [-0.25, -0.2) is 9.48 Å². The summed E-state index contributed by atoms with van der Waals surface area (Å²) in [6.07, 6.45) is 1.05. The molecule has 0 amide bonds. The average Bonchev–Trinajstić information content (AvgIpc) is 3.43. The number of alkyl halides is 3. The van der Waals surface area contributed by atoms with Crippen LogP contribution >= 0.6 is 0 Å². The third-order valence-corrected chi connectivity index (χ3v) is 5.79. The summed E-state index contributed by atoms with van der Waals surface area (Å²) in [5.74, 6) is -1.18. The van der Waals surface area contributed by atoms with E-state index in [1.54, 1.807) is 7.11 Å². The number of hydrogen-bond acceptors (Lipinski definition) is 6. The molecule has 11 heteroatoms. The van der Waals surface area contributed by atoms with Crippen molar-refractivity contribution in [1.82, 2.24) is 19.9 Å². The molecule has 1 saturated carbocycles. The largest absolute Gasteiger partial charge is 0.490 e. The Morgan fingerprint density at radius 3 is 2.40 bits per heavy atom. The maximum Gasteiger partial charge on any atom is 0.490 e. The number of rotatable bonds is 6. The van der Waals surface area contributed by atoms with E-state index in [4.69, 9.17) is 19.4 Å². The van der Waals surface area contributed by atoms with E-state index in [-0.39, 0.29) is 6.04 Å². The van der Waals surface area contributed by atoms with Gasteiger partial charge in [-0.1, -0.05) is 5.21 Å². The molecule has 4 rings (SSSR count). The molecule has 1 unspecified atom stereocenters. The van der Waals surface area contributed by atoms with Gasteiger partial charge < -0.3 is 14.6 Å². The monoisotopic (exact) mass is 434 g/mol. The fourth-order valence-electron chi connectivity index (χ4n) is 3.95. The summed E-state index contributed by atoms with van der Waals surface area (Å²) in [6.45, 7) is 5.82. The lowest BCUT2D eigenvalue weighted by atomic mass is 9.96.